The Morgan fingerprint density at radius 3 is 2.68 bits per heavy atom. The van der Waals surface area contributed by atoms with Crippen LogP contribution in [-0.2, 0) is 0 Å². The van der Waals surface area contributed by atoms with Gasteiger partial charge in [0.15, 0.2) is 0 Å². The molecule has 0 aromatic heterocycles. The van der Waals surface area contributed by atoms with Gasteiger partial charge in [0.25, 0.3) is 0 Å². The van der Waals surface area contributed by atoms with Crippen LogP contribution in [0.3, 0.4) is 0 Å². The smallest absolute Gasteiger partial charge is 0.0809 e. The van der Waals surface area contributed by atoms with Crippen molar-refractivity contribution in [1.82, 2.24) is 0 Å². The van der Waals surface area contributed by atoms with Crippen molar-refractivity contribution >= 4 is 22.0 Å². The van der Waals surface area contributed by atoms with Gasteiger partial charge in [0.2, 0.25) is 0 Å². The molecule has 4 saturated carbocycles. The van der Waals surface area contributed by atoms with Gasteiger partial charge in [0, 0.05) is 9.89 Å². The largest absolute Gasteiger partial charge is 0.388 e. The summed E-state index contributed by atoms with van der Waals surface area (Å²) in [5.41, 5.74) is 3.15. The Labute approximate surface area is 179 Å². The Kier molecular flexibility index (Phi) is 4.83. The highest BCUT2D eigenvalue weighted by Crippen LogP contribution is 2.67. The minimum Gasteiger partial charge on any atom is -0.388 e. The van der Waals surface area contributed by atoms with Crippen molar-refractivity contribution in [3.8, 4) is 0 Å². The van der Waals surface area contributed by atoms with Crippen molar-refractivity contribution < 1.29 is 5.11 Å². The van der Waals surface area contributed by atoms with Gasteiger partial charge < -0.3 is 5.11 Å². The predicted molar refractivity (Wildman–Crippen MR) is 120 cm³/mol. The second-order valence-electron chi connectivity index (χ2n) is 10.8. The fraction of sp³-hybridized carbons (Fsp3) is 0.692. The quantitative estimate of drug-likeness (QED) is 0.485. The molecule has 0 bridgehead atoms. The Bertz CT molecular complexity index is 784. The summed E-state index contributed by atoms with van der Waals surface area (Å²) < 4.78 is 1.11. The van der Waals surface area contributed by atoms with E-state index >= 15 is 0 Å². The van der Waals surface area contributed by atoms with Gasteiger partial charge in [-0.3, -0.25) is 0 Å². The fourth-order valence-electron chi connectivity index (χ4n) is 8.10. The molecule has 4 aliphatic rings. The Balaban J connectivity index is 1.46. The van der Waals surface area contributed by atoms with Crippen LogP contribution in [0.5, 0.6) is 0 Å². The molecule has 0 aliphatic heterocycles. The van der Waals surface area contributed by atoms with Crippen molar-refractivity contribution in [2.75, 3.05) is 0 Å². The van der Waals surface area contributed by atoms with Gasteiger partial charge in [-0.1, -0.05) is 60.8 Å². The molecule has 1 N–H and O–H groups in total. The first-order valence-electron chi connectivity index (χ1n) is 11.6. The van der Waals surface area contributed by atoms with Gasteiger partial charge >= 0.3 is 0 Å². The van der Waals surface area contributed by atoms with Crippen LogP contribution in [0, 0.1) is 34.5 Å². The molecule has 152 valence electrons. The van der Waals surface area contributed by atoms with Crippen LogP contribution in [-0.4, -0.2) is 11.2 Å². The maximum absolute atomic E-state index is 11.4. The monoisotopic (exact) mass is 442 g/mol. The summed E-state index contributed by atoms with van der Waals surface area (Å²) in [6, 6.07) is 8.49. The summed E-state index contributed by atoms with van der Waals surface area (Å²) in [5, 5.41) is 11.4. The minimum absolute atomic E-state index is 0.0802. The lowest BCUT2D eigenvalue weighted by Crippen LogP contribution is -2.53. The van der Waals surface area contributed by atoms with Crippen molar-refractivity contribution in [2.45, 2.75) is 77.7 Å². The maximum Gasteiger partial charge on any atom is 0.0809 e. The summed E-state index contributed by atoms with van der Waals surface area (Å²) in [5.74, 6) is 3.34. The van der Waals surface area contributed by atoms with E-state index in [2.05, 4.69) is 60.1 Å². The standard InChI is InChI=1S/C26H35BrO/c1-25-12-4-3-7-19(25)9-10-21-22(25)11-13-26(2)23(21)16-18(24(26)28)14-17-6-5-8-20(27)15-17/h5-6,8,14-15,19,21-24,28H,3-4,7,9-13,16H2,1-2H3/b18-14-/t19-,21+,22-,23-,24-,25+,26-/m1/s1. The van der Waals surface area contributed by atoms with Crippen LogP contribution in [0.15, 0.2) is 34.3 Å². The van der Waals surface area contributed by atoms with Crippen LogP contribution >= 0.6 is 15.9 Å². The lowest BCUT2D eigenvalue weighted by Gasteiger charge is -2.60. The third-order valence-corrected chi connectivity index (χ3v) is 10.1. The van der Waals surface area contributed by atoms with Gasteiger partial charge in [-0.15, -0.1) is 0 Å². The molecular formula is C26H35BrO. The zero-order chi connectivity index (χ0) is 19.5. The molecule has 4 aliphatic carbocycles. The molecule has 1 aromatic rings. The average Bonchev–Trinajstić information content (AvgIpc) is 2.92. The van der Waals surface area contributed by atoms with E-state index in [4.69, 9.17) is 0 Å². The predicted octanol–water partition coefficient (Wildman–Crippen LogP) is 7.24. The number of halogens is 1. The van der Waals surface area contributed by atoms with Crippen LogP contribution in [0.4, 0.5) is 0 Å². The SMILES string of the molecule is C[C@]12CCCC[C@@H]1CC[C@H]1[C@H]2CC[C@@]2(C)[C@H](O)/C(=C\c3cccc(Br)c3)C[C@H]12. The van der Waals surface area contributed by atoms with Crippen molar-refractivity contribution in [3.05, 3.63) is 39.9 Å². The van der Waals surface area contributed by atoms with Gasteiger partial charge in [0.05, 0.1) is 6.10 Å². The van der Waals surface area contributed by atoms with Crippen LogP contribution in [0.2, 0.25) is 0 Å². The highest BCUT2D eigenvalue weighted by Gasteiger charge is 2.60. The number of rotatable bonds is 1. The average molecular weight is 443 g/mol. The Morgan fingerprint density at radius 1 is 1.00 bits per heavy atom. The van der Waals surface area contributed by atoms with E-state index in [1.807, 2.05) is 0 Å². The molecule has 0 amide bonds. The first-order chi connectivity index (χ1) is 13.4. The van der Waals surface area contributed by atoms with Crippen LogP contribution in [0.1, 0.15) is 77.2 Å². The minimum atomic E-state index is -0.269. The lowest BCUT2D eigenvalue weighted by molar-refractivity contribution is -0.119. The number of hydrogen-bond acceptors (Lipinski definition) is 1. The zero-order valence-corrected chi connectivity index (χ0v) is 19.0. The topological polar surface area (TPSA) is 20.2 Å². The zero-order valence-electron chi connectivity index (χ0n) is 17.5. The summed E-state index contributed by atoms with van der Waals surface area (Å²) in [6.45, 7) is 5.04. The van der Waals surface area contributed by atoms with Crippen molar-refractivity contribution in [3.63, 3.8) is 0 Å². The van der Waals surface area contributed by atoms with E-state index in [1.165, 1.54) is 62.5 Å². The third-order valence-electron chi connectivity index (χ3n) is 9.65. The van der Waals surface area contributed by atoms with Crippen molar-refractivity contribution in [1.29, 1.82) is 0 Å². The molecule has 0 spiro atoms. The molecule has 0 saturated heterocycles. The molecule has 0 unspecified atom stereocenters. The normalized spacial score (nSPS) is 46.7. The fourth-order valence-corrected chi connectivity index (χ4v) is 8.52. The molecule has 1 nitrogen and oxygen atoms in total. The molecule has 5 rings (SSSR count). The van der Waals surface area contributed by atoms with Gasteiger partial charge in [-0.05, 0) is 97.3 Å². The molecular weight excluding hydrogens is 408 g/mol. The number of hydrogen-bond donors (Lipinski definition) is 1. The number of benzene rings is 1. The third kappa shape index (κ3) is 2.88. The van der Waals surface area contributed by atoms with Gasteiger partial charge in [-0.25, -0.2) is 0 Å². The number of aliphatic hydroxyl groups excluding tert-OH is 1. The second-order valence-corrected chi connectivity index (χ2v) is 11.7. The van der Waals surface area contributed by atoms with Crippen LogP contribution < -0.4 is 0 Å². The van der Waals surface area contributed by atoms with Gasteiger partial charge in [-0.2, -0.15) is 0 Å². The Morgan fingerprint density at radius 2 is 1.86 bits per heavy atom. The van der Waals surface area contributed by atoms with E-state index in [9.17, 15) is 5.11 Å². The highest BCUT2D eigenvalue weighted by molar-refractivity contribution is 9.10. The van der Waals surface area contributed by atoms with E-state index in [-0.39, 0.29) is 11.5 Å². The first-order valence-corrected chi connectivity index (χ1v) is 12.4. The van der Waals surface area contributed by atoms with E-state index in [0.29, 0.717) is 11.3 Å². The van der Waals surface area contributed by atoms with Crippen molar-refractivity contribution in [2.24, 2.45) is 34.5 Å². The Hall–Kier alpha value is -0.600. The molecule has 0 heterocycles. The summed E-state index contributed by atoms with van der Waals surface area (Å²) in [6.07, 6.45) is 14.3. The van der Waals surface area contributed by atoms with E-state index in [0.717, 1.165) is 28.6 Å². The second kappa shape index (κ2) is 6.98. The van der Waals surface area contributed by atoms with E-state index in [1.54, 1.807) is 0 Å². The van der Waals surface area contributed by atoms with Crippen LogP contribution in [0.25, 0.3) is 6.08 Å². The lowest BCUT2D eigenvalue weighted by atomic mass is 9.45. The summed E-state index contributed by atoms with van der Waals surface area (Å²) in [4.78, 5) is 0. The highest BCUT2D eigenvalue weighted by atomic mass is 79.9. The first kappa shape index (κ1) is 19.4. The van der Waals surface area contributed by atoms with E-state index < -0.39 is 0 Å². The maximum atomic E-state index is 11.4. The molecule has 1 aromatic carbocycles. The molecule has 28 heavy (non-hydrogen) atoms. The molecule has 2 heteroatoms. The number of aliphatic hydroxyl groups is 1. The summed E-state index contributed by atoms with van der Waals surface area (Å²) >= 11 is 3.59. The molecule has 0 radical (unpaired) electrons. The molecule has 4 fully saturated rings. The molecule has 7 atom stereocenters. The number of fused-ring (bicyclic) bond motifs is 5. The van der Waals surface area contributed by atoms with Gasteiger partial charge in [0.1, 0.15) is 0 Å². The summed E-state index contributed by atoms with van der Waals surface area (Å²) in [7, 11) is 0.